The van der Waals surface area contributed by atoms with Crippen LogP contribution in [0.5, 0.6) is 5.88 Å². The van der Waals surface area contributed by atoms with Crippen LogP contribution in [0.1, 0.15) is 30.9 Å². The third-order valence-corrected chi connectivity index (χ3v) is 5.42. The number of aromatic hydroxyl groups is 1. The van der Waals surface area contributed by atoms with Crippen LogP contribution in [0.15, 0.2) is 41.4 Å². The van der Waals surface area contributed by atoms with Gasteiger partial charge >= 0.3 is 6.18 Å². The van der Waals surface area contributed by atoms with Crippen LogP contribution in [-0.4, -0.2) is 29.4 Å². The second-order valence-corrected chi connectivity index (χ2v) is 7.70. The summed E-state index contributed by atoms with van der Waals surface area (Å²) < 4.78 is 55.4. The minimum Gasteiger partial charge on any atom is -0.494 e. The van der Waals surface area contributed by atoms with Crippen molar-refractivity contribution in [3.63, 3.8) is 0 Å². The summed E-state index contributed by atoms with van der Waals surface area (Å²) in [6.07, 6.45) is -1.50. The standard InChI is InChI=1S/C22H21F4N3O/c1-13-4-3-9-29(12-13)19-8-7-14(10-16(19)22(24,25)26)27-11-15-20-17(23)5-2-6-18(20)28-21(15)30/h2,5-8,10-11,13,28,30H,3-4,9,12H2,1H3. The lowest BCUT2D eigenvalue weighted by atomic mass is 9.98. The number of aromatic nitrogens is 1. The van der Waals surface area contributed by atoms with Gasteiger partial charge in [-0.25, -0.2) is 4.39 Å². The summed E-state index contributed by atoms with van der Waals surface area (Å²) in [4.78, 5) is 8.49. The van der Waals surface area contributed by atoms with Gasteiger partial charge in [-0.2, -0.15) is 13.2 Å². The van der Waals surface area contributed by atoms with Crippen molar-refractivity contribution in [2.24, 2.45) is 10.9 Å². The number of H-pyrrole nitrogens is 1. The van der Waals surface area contributed by atoms with Gasteiger partial charge < -0.3 is 15.0 Å². The Kier molecular flexibility index (Phi) is 5.17. The Hall–Kier alpha value is -3.03. The summed E-state index contributed by atoms with van der Waals surface area (Å²) in [6, 6.07) is 8.25. The molecule has 1 aromatic heterocycles. The first kappa shape index (κ1) is 20.3. The Labute approximate surface area is 170 Å². The number of rotatable bonds is 3. The number of aromatic amines is 1. The molecule has 8 heteroatoms. The Morgan fingerprint density at radius 3 is 2.77 bits per heavy atom. The molecule has 1 unspecified atom stereocenters. The van der Waals surface area contributed by atoms with E-state index >= 15 is 0 Å². The van der Waals surface area contributed by atoms with E-state index in [1.807, 2.05) is 6.92 Å². The first-order valence-corrected chi connectivity index (χ1v) is 9.73. The minimum atomic E-state index is -4.53. The van der Waals surface area contributed by atoms with Crippen LogP contribution in [0.2, 0.25) is 0 Å². The summed E-state index contributed by atoms with van der Waals surface area (Å²) in [5, 5.41) is 10.2. The van der Waals surface area contributed by atoms with Crippen molar-refractivity contribution in [1.82, 2.24) is 4.98 Å². The highest BCUT2D eigenvalue weighted by atomic mass is 19.4. The average Bonchev–Trinajstić information content (AvgIpc) is 3.02. The van der Waals surface area contributed by atoms with Crippen molar-refractivity contribution in [1.29, 1.82) is 0 Å². The number of hydrogen-bond acceptors (Lipinski definition) is 3. The molecule has 1 fully saturated rings. The number of halogens is 4. The summed E-state index contributed by atoms with van der Waals surface area (Å²) in [7, 11) is 0. The molecule has 4 rings (SSSR count). The first-order valence-electron chi connectivity index (χ1n) is 9.73. The Bertz CT molecular complexity index is 1100. The van der Waals surface area contributed by atoms with Crippen LogP contribution in [0, 0.1) is 11.7 Å². The average molecular weight is 419 g/mol. The molecule has 0 amide bonds. The van der Waals surface area contributed by atoms with Gasteiger partial charge in [-0.1, -0.05) is 13.0 Å². The molecule has 1 aliphatic rings. The number of anilines is 1. The van der Waals surface area contributed by atoms with Gasteiger partial charge in [-0.05, 0) is 49.1 Å². The van der Waals surface area contributed by atoms with E-state index in [4.69, 9.17) is 0 Å². The summed E-state index contributed by atoms with van der Waals surface area (Å²) >= 11 is 0. The number of piperidine rings is 1. The Balaban J connectivity index is 1.72. The molecule has 2 aromatic carbocycles. The summed E-state index contributed by atoms with van der Waals surface area (Å²) in [5.74, 6) is -0.526. The van der Waals surface area contributed by atoms with Gasteiger partial charge in [0, 0.05) is 30.4 Å². The molecule has 1 atom stereocenters. The SMILES string of the molecule is CC1CCCN(c2ccc(N=Cc3c(O)[nH]c4cccc(F)c34)cc2C(F)(F)F)C1. The lowest BCUT2D eigenvalue weighted by Crippen LogP contribution is -2.35. The van der Waals surface area contributed by atoms with E-state index in [2.05, 4.69) is 9.98 Å². The lowest BCUT2D eigenvalue weighted by Gasteiger charge is -2.34. The molecular weight excluding hydrogens is 398 g/mol. The summed E-state index contributed by atoms with van der Waals surface area (Å²) in [6.45, 7) is 3.19. The van der Waals surface area contributed by atoms with E-state index in [0.29, 0.717) is 24.5 Å². The fraction of sp³-hybridized carbons (Fsp3) is 0.318. The Morgan fingerprint density at radius 2 is 2.03 bits per heavy atom. The number of nitrogens with zero attached hydrogens (tertiary/aromatic N) is 2. The molecule has 158 valence electrons. The molecule has 2 heterocycles. The maximum atomic E-state index is 14.1. The van der Waals surface area contributed by atoms with Crippen LogP contribution in [0.4, 0.5) is 28.9 Å². The molecule has 1 saturated heterocycles. The fourth-order valence-corrected chi connectivity index (χ4v) is 4.00. The summed E-state index contributed by atoms with van der Waals surface area (Å²) in [5.41, 5.74) is -0.0686. The van der Waals surface area contributed by atoms with Crippen molar-refractivity contribution in [2.75, 3.05) is 18.0 Å². The van der Waals surface area contributed by atoms with Crippen LogP contribution in [0.3, 0.4) is 0 Å². The first-order chi connectivity index (χ1) is 14.2. The maximum absolute atomic E-state index is 14.1. The number of alkyl halides is 3. The van der Waals surface area contributed by atoms with Gasteiger partial charge in [0.2, 0.25) is 0 Å². The van der Waals surface area contributed by atoms with Gasteiger partial charge in [0.05, 0.1) is 22.3 Å². The van der Waals surface area contributed by atoms with E-state index in [1.54, 1.807) is 11.0 Å². The van der Waals surface area contributed by atoms with E-state index in [1.165, 1.54) is 30.5 Å². The van der Waals surface area contributed by atoms with Crippen molar-refractivity contribution < 1.29 is 22.7 Å². The number of benzene rings is 2. The number of fused-ring (bicyclic) bond motifs is 1. The highest BCUT2D eigenvalue weighted by molar-refractivity contribution is 6.02. The highest BCUT2D eigenvalue weighted by Gasteiger charge is 2.36. The molecule has 4 nitrogen and oxygen atoms in total. The molecule has 0 saturated carbocycles. The van der Waals surface area contributed by atoms with Crippen molar-refractivity contribution >= 4 is 28.5 Å². The van der Waals surface area contributed by atoms with Crippen LogP contribution >= 0.6 is 0 Å². The number of aliphatic imine (C=N–C) groups is 1. The van der Waals surface area contributed by atoms with Crippen molar-refractivity contribution in [3.05, 3.63) is 53.3 Å². The largest absolute Gasteiger partial charge is 0.494 e. The molecule has 30 heavy (non-hydrogen) atoms. The zero-order valence-corrected chi connectivity index (χ0v) is 16.3. The van der Waals surface area contributed by atoms with Gasteiger partial charge in [0.15, 0.2) is 5.88 Å². The van der Waals surface area contributed by atoms with E-state index in [9.17, 15) is 22.7 Å². The van der Waals surface area contributed by atoms with Gasteiger partial charge in [0.25, 0.3) is 0 Å². The second kappa shape index (κ2) is 7.66. The zero-order valence-electron chi connectivity index (χ0n) is 16.3. The topological polar surface area (TPSA) is 51.6 Å². The predicted octanol–water partition coefficient (Wildman–Crippen LogP) is 6.02. The van der Waals surface area contributed by atoms with E-state index in [0.717, 1.165) is 18.9 Å². The quantitative estimate of drug-likeness (QED) is 0.403. The normalized spacial score (nSPS) is 17.9. The van der Waals surface area contributed by atoms with Crippen LogP contribution in [0.25, 0.3) is 10.9 Å². The number of nitrogens with one attached hydrogen (secondary N) is 1. The highest BCUT2D eigenvalue weighted by Crippen LogP contribution is 2.40. The fourth-order valence-electron chi connectivity index (χ4n) is 4.00. The lowest BCUT2D eigenvalue weighted by molar-refractivity contribution is -0.137. The van der Waals surface area contributed by atoms with Crippen molar-refractivity contribution in [3.8, 4) is 5.88 Å². The molecule has 1 aliphatic heterocycles. The van der Waals surface area contributed by atoms with Gasteiger partial charge in [0.1, 0.15) is 5.82 Å². The third-order valence-electron chi connectivity index (χ3n) is 5.42. The molecular formula is C22H21F4N3O. The molecule has 0 spiro atoms. The maximum Gasteiger partial charge on any atom is 0.418 e. The monoisotopic (exact) mass is 419 g/mol. The van der Waals surface area contributed by atoms with Crippen LogP contribution < -0.4 is 4.90 Å². The van der Waals surface area contributed by atoms with Crippen LogP contribution in [-0.2, 0) is 6.18 Å². The molecule has 0 bridgehead atoms. The molecule has 3 aromatic rings. The van der Waals surface area contributed by atoms with Gasteiger partial charge in [-0.15, -0.1) is 0 Å². The zero-order chi connectivity index (χ0) is 21.5. The molecule has 0 aliphatic carbocycles. The smallest absolute Gasteiger partial charge is 0.418 e. The predicted molar refractivity (Wildman–Crippen MR) is 109 cm³/mol. The number of hydrogen-bond donors (Lipinski definition) is 2. The Morgan fingerprint density at radius 1 is 1.23 bits per heavy atom. The van der Waals surface area contributed by atoms with Gasteiger partial charge in [-0.3, -0.25) is 4.99 Å². The second-order valence-electron chi connectivity index (χ2n) is 7.70. The third kappa shape index (κ3) is 3.86. The van der Waals surface area contributed by atoms with E-state index < -0.39 is 17.6 Å². The molecule has 0 radical (unpaired) electrons. The van der Waals surface area contributed by atoms with E-state index in [-0.39, 0.29) is 28.2 Å². The van der Waals surface area contributed by atoms with Crippen molar-refractivity contribution in [2.45, 2.75) is 25.9 Å². The minimum absolute atomic E-state index is 0.0706. The molecule has 2 N–H and O–H groups in total.